The fraction of sp³-hybridized carbons (Fsp3) is 0.250. The number of aryl methyl sites for hydroxylation is 1. The minimum Gasteiger partial charge on any atom is -0.352 e. The largest absolute Gasteiger partial charge is 0.352 e. The topological polar surface area (TPSA) is 83.6 Å². The van der Waals surface area contributed by atoms with Crippen LogP contribution in [0.25, 0.3) is 22.3 Å². The Bertz CT molecular complexity index is 1190. The quantitative estimate of drug-likeness (QED) is 0.429. The van der Waals surface area contributed by atoms with E-state index in [0.717, 1.165) is 35.4 Å². The average Bonchev–Trinajstić information content (AvgIpc) is 3.29. The monoisotopic (exact) mass is 417 g/mol. The van der Waals surface area contributed by atoms with Crippen LogP contribution in [0, 0.1) is 5.82 Å². The summed E-state index contributed by atoms with van der Waals surface area (Å²) in [6, 6.07) is 11.6. The fourth-order valence-corrected chi connectivity index (χ4v) is 3.43. The van der Waals surface area contributed by atoms with Gasteiger partial charge in [-0.25, -0.2) is 19.3 Å². The number of H-pyrrole nitrogens is 1. The lowest BCUT2D eigenvalue weighted by Crippen LogP contribution is -2.24. The second kappa shape index (κ2) is 9.04. The lowest BCUT2D eigenvalue weighted by molar-refractivity contribution is 0.0953. The molecule has 31 heavy (non-hydrogen) atoms. The highest BCUT2D eigenvalue weighted by molar-refractivity contribution is 5.97. The van der Waals surface area contributed by atoms with Crippen molar-refractivity contribution >= 4 is 16.9 Å². The summed E-state index contributed by atoms with van der Waals surface area (Å²) in [5.74, 6) is 0.604. The van der Waals surface area contributed by atoms with Crippen LogP contribution in [0.1, 0.15) is 48.1 Å². The summed E-state index contributed by atoms with van der Waals surface area (Å²) in [7, 11) is 0. The summed E-state index contributed by atoms with van der Waals surface area (Å²) in [5, 5.41) is 2.94. The number of benzene rings is 2. The summed E-state index contributed by atoms with van der Waals surface area (Å²) < 4.78 is 13.4. The predicted molar refractivity (Wildman–Crippen MR) is 118 cm³/mol. The Morgan fingerprint density at radius 3 is 2.61 bits per heavy atom. The van der Waals surface area contributed by atoms with Gasteiger partial charge < -0.3 is 10.3 Å². The van der Waals surface area contributed by atoms with E-state index in [9.17, 15) is 9.18 Å². The number of carbonyl (C=O) groups is 1. The zero-order valence-corrected chi connectivity index (χ0v) is 17.5. The molecule has 158 valence electrons. The van der Waals surface area contributed by atoms with E-state index in [1.54, 1.807) is 36.7 Å². The van der Waals surface area contributed by atoms with Gasteiger partial charge in [0.15, 0.2) is 0 Å². The molecule has 1 amide bonds. The molecule has 0 saturated carbocycles. The van der Waals surface area contributed by atoms with Gasteiger partial charge in [0.2, 0.25) is 0 Å². The first-order valence-corrected chi connectivity index (χ1v) is 10.4. The number of aromatic nitrogens is 4. The Hall–Kier alpha value is -3.61. The summed E-state index contributed by atoms with van der Waals surface area (Å²) in [4.78, 5) is 29.4. The number of aromatic amines is 1. The second-order valence-electron chi connectivity index (χ2n) is 7.72. The molecular weight excluding hydrogens is 393 g/mol. The van der Waals surface area contributed by atoms with E-state index in [0.29, 0.717) is 23.3 Å². The first-order chi connectivity index (χ1) is 15.0. The molecule has 0 atom stereocenters. The lowest BCUT2D eigenvalue weighted by atomic mass is 10.0. The van der Waals surface area contributed by atoms with Gasteiger partial charge in [0, 0.05) is 36.5 Å². The number of imidazole rings is 1. The van der Waals surface area contributed by atoms with Gasteiger partial charge in [-0.05, 0) is 54.8 Å². The van der Waals surface area contributed by atoms with E-state index in [4.69, 9.17) is 9.97 Å². The van der Waals surface area contributed by atoms with Crippen molar-refractivity contribution in [3.8, 4) is 11.3 Å². The van der Waals surface area contributed by atoms with Crippen LogP contribution in [0.4, 0.5) is 4.39 Å². The highest BCUT2D eigenvalue weighted by Gasteiger charge is 2.15. The van der Waals surface area contributed by atoms with Crippen molar-refractivity contribution in [3.05, 3.63) is 77.8 Å². The molecule has 4 aromatic rings. The number of nitrogens with zero attached hydrogens (tertiary/aromatic N) is 3. The molecule has 0 bridgehead atoms. The number of amides is 1. The standard InChI is InChI=1S/C24H24FN5O/c1-15(2)22-23(16-5-8-18(25)9-6-16)30-20-14-17(7-10-19(20)29-22)24(31)28-11-3-4-21-26-12-13-27-21/h5-10,12-15H,3-4,11H2,1-2H3,(H,26,27)(H,28,31). The predicted octanol–water partition coefficient (Wildman–Crippen LogP) is 4.65. The summed E-state index contributed by atoms with van der Waals surface area (Å²) in [5.41, 5.74) is 4.23. The first kappa shape index (κ1) is 20.7. The molecule has 2 N–H and O–H groups in total. The zero-order chi connectivity index (χ0) is 21.8. The van der Waals surface area contributed by atoms with E-state index >= 15 is 0 Å². The van der Waals surface area contributed by atoms with Crippen LogP contribution in [0.2, 0.25) is 0 Å². The maximum Gasteiger partial charge on any atom is 0.251 e. The molecule has 0 unspecified atom stereocenters. The van der Waals surface area contributed by atoms with Crippen molar-refractivity contribution < 1.29 is 9.18 Å². The van der Waals surface area contributed by atoms with Gasteiger partial charge >= 0.3 is 0 Å². The third-order valence-electron chi connectivity index (χ3n) is 5.05. The van der Waals surface area contributed by atoms with Gasteiger partial charge in [-0.2, -0.15) is 0 Å². The second-order valence-corrected chi connectivity index (χ2v) is 7.72. The maximum absolute atomic E-state index is 13.4. The number of halogens is 1. The molecule has 0 aliphatic heterocycles. The molecule has 0 aliphatic carbocycles. The molecule has 7 heteroatoms. The fourth-order valence-electron chi connectivity index (χ4n) is 3.43. The van der Waals surface area contributed by atoms with E-state index in [2.05, 4.69) is 15.3 Å². The molecule has 2 aromatic carbocycles. The van der Waals surface area contributed by atoms with Crippen LogP contribution >= 0.6 is 0 Å². The Morgan fingerprint density at radius 1 is 1.10 bits per heavy atom. The van der Waals surface area contributed by atoms with Crippen molar-refractivity contribution in [1.29, 1.82) is 0 Å². The van der Waals surface area contributed by atoms with Gasteiger partial charge in [0.25, 0.3) is 5.91 Å². The van der Waals surface area contributed by atoms with Gasteiger partial charge in [0.05, 0.1) is 22.4 Å². The van der Waals surface area contributed by atoms with Crippen LogP contribution in [0.15, 0.2) is 54.9 Å². The van der Waals surface area contributed by atoms with Crippen LogP contribution in [0.3, 0.4) is 0 Å². The van der Waals surface area contributed by atoms with Crippen LogP contribution in [-0.2, 0) is 6.42 Å². The Kier molecular flexibility index (Phi) is 6.02. The molecule has 4 rings (SSSR count). The molecule has 2 aromatic heterocycles. The van der Waals surface area contributed by atoms with E-state index < -0.39 is 0 Å². The Balaban J connectivity index is 1.56. The number of nitrogens with one attached hydrogen (secondary N) is 2. The third kappa shape index (κ3) is 4.77. The van der Waals surface area contributed by atoms with Crippen LogP contribution < -0.4 is 5.32 Å². The molecule has 0 spiro atoms. The zero-order valence-electron chi connectivity index (χ0n) is 17.5. The minimum atomic E-state index is -0.297. The molecule has 0 saturated heterocycles. The van der Waals surface area contributed by atoms with Gasteiger partial charge in [-0.15, -0.1) is 0 Å². The Labute approximate surface area is 180 Å². The summed E-state index contributed by atoms with van der Waals surface area (Å²) >= 11 is 0. The highest BCUT2D eigenvalue weighted by Crippen LogP contribution is 2.28. The molecule has 0 fully saturated rings. The van der Waals surface area contributed by atoms with Crippen LogP contribution in [-0.4, -0.2) is 32.4 Å². The third-order valence-corrected chi connectivity index (χ3v) is 5.05. The number of carbonyl (C=O) groups excluding carboxylic acids is 1. The van der Waals surface area contributed by atoms with Crippen molar-refractivity contribution in [1.82, 2.24) is 25.3 Å². The first-order valence-electron chi connectivity index (χ1n) is 10.4. The molecular formula is C24H24FN5O. The molecule has 6 nitrogen and oxygen atoms in total. The number of rotatable bonds is 7. The number of hydrogen-bond donors (Lipinski definition) is 2. The number of hydrogen-bond acceptors (Lipinski definition) is 4. The van der Waals surface area contributed by atoms with Gasteiger partial charge in [-0.1, -0.05) is 13.8 Å². The van der Waals surface area contributed by atoms with E-state index in [-0.39, 0.29) is 17.6 Å². The normalized spacial score (nSPS) is 11.2. The van der Waals surface area contributed by atoms with E-state index in [1.807, 2.05) is 19.9 Å². The van der Waals surface area contributed by atoms with Crippen molar-refractivity contribution in [2.45, 2.75) is 32.6 Å². The van der Waals surface area contributed by atoms with Gasteiger partial charge in [-0.3, -0.25) is 4.79 Å². The smallest absolute Gasteiger partial charge is 0.251 e. The highest BCUT2D eigenvalue weighted by atomic mass is 19.1. The molecule has 0 aliphatic rings. The van der Waals surface area contributed by atoms with Crippen molar-refractivity contribution in [2.75, 3.05) is 6.54 Å². The lowest BCUT2D eigenvalue weighted by Gasteiger charge is -2.13. The number of fused-ring (bicyclic) bond motifs is 1. The average molecular weight is 417 g/mol. The Morgan fingerprint density at radius 2 is 1.90 bits per heavy atom. The molecule has 0 radical (unpaired) electrons. The summed E-state index contributed by atoms with van der Waals surface area (Å²) in [6.07, 6.45) is 5.07. The maximum atomic E-state index is 13.4. The van der Waals surface area contributed by atoms with Crippen LogP contribution in [0.5, 0.6) is 0 Å². The van der Waals surface area contributed by atoms with E-state index in [1.165, 1.54) is 12.1 Å². The SMILES string of the molecule is CC(C)c1nc2ccc(C(=O)NCCCc3ncc[nH]3)cc2nc1-c1ccc(F)cc1. The van der Waals surface area contributed by atoms with Gasteiger partial charge in [0.1, 0.15) is 11.6 Å². The molecule has 2 heterocycles. The van der Waals surface area contributed by atoms with Crippen molar-refractivity contribution in [3.63, 3.8) is 0 Å². The summed E-state index contributed by atoms with van der Waals surface area (Å²) in [6.45, 7) is 4.65. The minimum absolute atomic E-state index is 0.147. The van der Waals surface area contributed by atoms with Crippen molar-refractivity contribution in [2.24, 2.45) is 0 Å².